The van der Waals surface area contributed by atoms with E-state index in [9.17, 15) is 9.18 Å². The first-order valence-electron chi connectivity index (χ1n) is 13.2. The second-order valence-electron chi connectivity index (χ2n) is 10.2. The lowest BCUT2D eigenvalue weighted by Gasteiger charge is -2.26. The van der Waals surface area contributed by atoms with Crippen LogP contribution in [-0.2, 0) is 9.53 Å². The second kappa shape index (κ2) is 10.1. The van der Waals surface area contributed by atoms with E-state index in [-0.39, 0.29) is 23.8 Å². The molecule has 3 aliphatic heterocycles. The van der Waals surface area contributed by atoms with Gasteiger partial charge in [0.1, 0.15) is 5.82 Å². The highest BCUT2D eigenvalue weighted by atomic mass is 19.1. The Morgan fingerprint density at radius 1 is 1.08 bits per heavy atom. The number of benzene rings is 1. The van der Waals surface area contributed by atoms with Gasteiger partial charge in [0.25, 0.3) is 5.91 Å². The molecule has 188 valence electrons. The molecule has 0 radical (unpaired) electrons. The number of fused-ring (bicyclic) bond motifs is 3. The van der Waals surface area contributed by atoms with Crippen molar-refractivity contribution < 1.29 is 13.9 Å². The van der Waals surface area contributed by atoms with E-state index in [0.29, 0.717) is 19.1 Å². The van der Waals surface area contributed by atoms with Gasteiger partial charge in [0.05, 0.1) is 24.3 Å². The number of halogens is 1. The Labute approximate surface area is 211 Å². The van der Waals surface area contributed by atoms with Gasteiger partial charge in [-0.15, -0.1) is 0 Å². The van der Waals surface area contributed by atoms with Crippen LogP contribution in [0.5, 0.6) is 0 Å². The largest absolute Gasteiger partial charge is 0.381 e. The molecule has 1 aromatic carbocycles. The number of aromatic nitrogens is 2. The van der Waals surface area contributed by atoms with E-state index in [0.717, 1.165) is 74.0 Å². The van der Waals surface area contributed by atoms with Crippen molar-refractivity contribution in [2.45, 2.75) is 50.6 Å². The van der Waals surface area contributed by atoms with Crippen molar-refractivity contribution in [2.24, 2.45) is 5.92 Å². The van der Waals surface area contributed by atoms with Crippen LogP contribution in [0.3, 0.4) is 0 Å². The summed E-state index contributed by atoms with van der Waals surface area (Å²) in [5.74, 6) is 0.228. The second-order valence-corrected chi connectivity index (χ2v) is 10.2. The molecule has 2 atom stereocenters. The summed E-state index contributed by atoms with van der Waals surface area (Å²) in [7, 11) is 0. The Balaban J connectivity index is 1.13. The standard InChI is InChI=1S/C29H33FN4O2/c30-25-8-2-7-24-26-18-31-19-34(26)28(27(24)25)20-5-3-14-33(15-11-20)23-6-1-4-21(9-10-23)29(35)32-22-12-16-36-17-13-22/h2,4,6-10,18-20,22,28H,1,3,5,11-17H2,(H,32,35). The molecule has 2 saturated heterocycles. The lowest BCUT2D eigenvalue weighted by Crippen LogP contribution is -2.39. The van der Waals surface area contributed by atoms with Crippen molar-refractivity contribution in [3.8, 4) is 11.3 Å². The van der Waals surface area contributed by atoms with Crippen molar-refractivity contribution in [1.29, 1.82) is 0 Å². The van der Waals surface area contributed by atoms with Gasteiger partial charge in [0.2, 0.25) is 0 Å². The zero-order chi connectivity index (χ0) is 24.5. The van der Waals surface area contributed by atoms with E-state index in [1.165, 1.54) is 5.70 Å². The van der Waals surface area contributed by atoms with Crippen molar-refractivity contribution in [2.75, 3.05) is 26.3 Å². The molecule has 6 nitrogen and oxygen atoms in total. The summed E-state index contributed by atoms with van der Waals surface area (Å²) in [6, 6.07) is 5.58. The van der Waals surface area contributed by atoms with E-state index in [4.69, 9.17) is 4.74 Å². The van der Waals surface area contributed by atoms with Crippen LogP contribution in [0, 0.1) is 11.7 Å². The molecule has 1 aliphatic carbocycles. The van der Waals surface area contributed by atoms with Gasteiger partial charge >= 0.3 is 0 Å². The predicted molar refractivity (Wildman–Crippen MR) is 137 cm³/mol. The van der Waals surface area contributed by atoms with Gasteiger partial charge in [-0.05, 0) is 62.7 Å². The van der Waals surface area contributed by atoms with Gasteiger partial charge in [-0.3, -0.25) is 4.79 Å². The van der Waals surface area contributed by atoms with Crippen LogP contribution in [0.2, 0.25) is 0 Å². The van der Waals surface area contributed by atoms with Gasteiger partial charge in [-0.2, -0.15) is 0 Å². The van der Waals surface area contributed by atoms with E-state index in [1.54, 1.807) is 12.1 Å². The molecule has 2 unspecified atom stereocenters. The molecule has 2 aromatic rings. The Morgan fingerprint density at radius 2 is 1.97 bits per heavy atom. The number of hydrogen-bond donors (Lipinski definition) is 1. The fraction of sp³-hybridized carbons (Fsp3) is 0.448. The van der Waals surface area contributed by atoms with Crippen molar-refractivity contribution in [3.63, 3.8) is 0 Å². The van der Waals surface area contributed by atoms with Crippen LogP contribution in [-0.4, -0.2) is 52.7 Å². The number of rotatable bonds is 4. The number of hydrogen-bond acceptors (Lipinski definition) is 4. The fourth-order valence-corrected chi connectivity index (χ4v) is 6.23. The molecular formula is C29H33FN4O2. The number of ether oxygens (including phenoxy) is 1. The molecule has 6 rings (SSSR count). The zero-order valence-electron chi connectivity index (χ0n) is 20.5. The summed E-state index contributed by atoms with van der Waals surface area (Å²) in [6.45, 7) is 3.30. The Morgan fingerprint density at radius 3 is 2.86 bits per heavy atom. The molecular weight excluding hydrogens is 455 g/mol. The lowest BCUT2D eigenvalue weighted by molar-refractivity contribution is -0.118. The smallest absolute Gasteiger partial charge is 0.251 e. The minimum absolute atomic E-state index is 0.000502. The number of likely N-dealkylation sites (tertiary alicyclic amines) is 1. The fourth-order valence-electron chi connectivity index (χ4n) is 6.23. The first kappa shape index (κ1) is 23.2. The number of carbonyl (C=O) groups excluding carboxylic acids is 1. The molecule has 0 spiro atoms. The summed E-state index contributed by atoms with van der Waals surface area (Å²) in [4.78, 5) is 19.6. The van der Waals surface area contributed by atoms with E-state index in [2.05, 4.69) is 31.9 Å². The van der Waals surface area contributed by atoms with Gasteiger partial charge in [-0.25, -0.2) is 9.37 Å². The van der Waals surface area contributed by atoms with E-state index < -0.39 is 0 Å². The Bertz CT molecular complexity index is 1220. The maximum Gasteiger partial charge on any atom is 0.251 e. The van der Waals surface area contributed by atoms with Crippen LogP contribution in [0.1, 0.15) is 50.1 Å². The summed E-state index contributed by atoms with van der Waals surface area (Å²) in [5, 5.41) is 3.16. The lowest BCUT2D eigenvalue weighted by atomic mass is 9.87. The van der Waals surface area contributed by atoms with Crippen LogP contribution in [0.4, 0.5) is 4.39 Å². The molecule has 4 aliphatic rings. The van der Waals surface area contributed by atoms with Crippen molar-refractivity contribution >= 4 is 5.91 Å². The molecule has 7 heteroatoms. The minimum atomic E-state index is -0.116. The number of nitrogens with one attached hydrogen (secondary N) is 1. The first-order chi connectivity index (χ1) is 17.7. The summed E-state index contributed by atoms with van der Waals surface area (Å²) in [6.07, 6.45) is 17.5. The molecule has 36 heavy (non-hydrogen) atoms. The molecule has 0 saturated carbocycles. The average Bonchev–Trinajstić information content (AvgIpc) is 3.26. The summed E-state index contributed by atoms with van der Waals surface area (Å²) >= 11 is 0. The highest BCUT2D eigenvalue weighted by Gasteiger charge is 2.37. The summed E-state index contributed by atoms with van der Waals surface area (Å²) < 4.78 is 22.6. The molecule has 4 heterocycles. The monoisotopic (exact) mass is 488 g/mol. The topological polar surface area (TPSA) is 59.4 Å². The van der Waals surface area contributed by atoms with Crippen LogP contribution in [0.15, 0.2) is 66.3 Å². The van der Waals surface area contributed by atoms with Gasteiger partial charge in [0, 0.05) is 54.7 Å². The Hall–Kier alpha value is -3.19. The first-order valence-corrected chi connectivity index (χ1v) is 13.2. The zero-order valence-corrected chi connectivity index (χ0v) is 20.5. The quantitative estimate of drug-likeness (QED) is 0.674. The molecule has 2 fully saturated rings. The third-order valence-corrected chi connectivity index (χ3v) is 8.09. The predicted octanol–water partition coefficient (Wildman–Crippen LogP) is 4.76. The van der Waals surface area contributed by atoms with Crippen LogP contribution in [0.25, 0.3) is 11.3 Å². The molecule has 1 N–H and O–H groups in total. The Kier molecular flexibility index (Phi) is 6.48. The maximum atomic E-state index is 15.0. The summed E-state index contributed by atoms with van der Waals surface area (Å²) in [5.41, 5.74) is 4.72. The van der Waals surface area contributed by atoms with Crippen LogP contribution < -0.4 is 5.32 Å². The third-order valence-electron chi connectivity index (χ3n) is 8.09. The number of carbonyl (C=O) groups is 1. The highest BCUT2D eigenvalue weighted by Crippen LogP contribution is 2.46. The number of imidazole rings is 1. The van der Waals surface area contributed by atoms with Crippen molar-refractivity contribution in [3.05, 3.63) is 77.7 Å². The number of allylic oxidation sites excluding steroid dienone is 3. The van der Waals surface area contributed by atoms with Gasteiger partial charge in [0.15, 0.2) is 0 Å². The minimum Gasteiger partial charge on any atom is -0.381 e. The SMILES string of the molecule is O=C(NC1CCOCC1)C1=CCC=C(N2CCCC(C3c4c(F)cccc4-c4cncn43)CC2)C=C1. The molecule has 1 amide bonds. The number of nitrogens with zero attached hydrogens (tertiary/aromatic N) is 3. The van der Waals surface area contributed by atoms with E-state index >= 15 is 0 Å². The molecule has 1 aromatic heterocycles. The average molecular weight is 489 g/mol. The van der Waals surface area contributed by atoms with Gasteiger partial charge in [-0.1, -0.05) is 24.3 Å². The van der Waals surface area contributed by atoms with Crippen molar-refractivity contribution in [1.82, 2.24) is 19.8 Å². The van der Waals surface area contributed by atoms with Crippen LogP contribution >= 0.6 is 0 Å². The molecule has 0 bridgehead atoms. The van der Waals surface area contributed by atoms with E-state index in [1.807, 2.05) is 30.7 Å². The highest BCUT2D eigenvalue weighted by molar-refractivity contribution is 5.96. The third kappa shape index (κ3) is 4.41. The van der Waals surface area contributed by atoms with Gasteiger partial charge < -0.3 is 19.5 Å². The number of amides is 1. The maximum absolute atomic E-state index is 15.0. The normalized spacial score (nSPS) is 24.3.